The van der Waals surface area contributed by atoms with Crippen molar-refractivity contribution >= 4 is 22.5 Å². The summed E-state index contributed by atoms with van der Waals surface area (Å²) in [5.74, 6) is 0. The number of hydrogen-bond acceptors (Lipinski definition) is 2. The zero-order valence-electron chi connectivity index (χ0n) is 14.9. The number of aliphatic hydroxyl groups is 1. The summed E-state index contributed by atoms with van der Waals surface area (Å²) in [5.41, 5.74) is 5.11. The maximum Gasteiger partial charge on any atom is 0.0843 e. The molecule has 0 saturated heterocycles. The standard InChI is InChI=1S/C22H25ClN2O/c23-20-11-6-10-19-18-9-4-5-12-21(18)25(22(19)20)15-17(26)14-24-13-16-7-2-1-3-8-16/h1-3,6-8,10-11,17,24,26H,4-5,9,12-15H2. The van der Waals surface area contributed by atoms with Crippen LogP contribution in [-0.4, -0.2) is 22.3 Å². The Morgan fingerprint density at radius 2 is 1.85 bits per heavy atom. The summed E-state index contributed by atoms with van der Waals surface area (Å²) in [7, 11) is 0. The van der Waals surface area contributed by atoms with Crippen molar-refractivity contribution < 1.29 is 5.11 Å². The molecule has 0 saturated carbocycles. The van der Waals surface area contributed by atoms with Gasteiger partial charge in [0.05, 0.1) is 23.2 Å². The molecule has 1 aliphatic rings. The quantitative estimate of drug-likeness (QED) is 0.679. The summed E-state index contributed by atoms with van der Waals surface area (Å²) in [4.78, 5) is 0. The van der Waals surface area contributed by atoms with Crippen LogP contribution in [0.3, 0.4) is 0 Å². The number of nitrogens with zero attached hydrogens (tertiary/aromatic N) is 1. The van der Waals surface area contributed by atoms with Gasteiger partial charge < -0.3 is 15.0 Å². The van der Waals surface area contributed by atoms with Gasteiger partial charge in [-0.25, -0.2) is 0 Å². The van der Waals surface area contributed by atoms with Crippen LogP contribution in [0.1, 0.15) is 29.7 Å². The van der Waals surface area contributed by atoms with E-state index in [-0.39, 0.29) is 0 Å². The second kappa shape index (κ2) is 7.83. The number of aliphatic hydroxyl groups excluding tert-OH is 1. The van der Waals surface area contributed by atoms with Crippen molar-refractivity contribution in [2.24, 2.45) is 0 Å². The maximum absolute atomic E-state index is 10.6. The molecule has 1 heterocycles. The lowest BCUT2D eigenvalue weighted by molar-refractivity contribution is 0.151. The minimum atomic E-state index is -0.448. The fourth-order valence-electron chi connectivity index (χ4n) is 4.10. The van der Waals surface area contributed by atoms with Crippen molar-refractivity contribution in [3.05, 3.63) is 70.4 Å². The highest BCUT2D eigenvalue weighted by Crippen LogP contribution is 2.35. The number of para-hydroxylation sites is 1. The van der Waals surface area contributed by atoms with Crippen molar-refractivity contribution in [1.29, 1.82) is 0 Å². The number of aryl methyl sites for hydroxylation is 1. The van der Waals surface area contributed by atoms with E-state index in [0.717, 1.165) is 29.9 Å². The van der Waals surface area contributed by atoms with Crippen molar-refractivity contribution in [1.82, 2.24) is 9.88 Å². The molecule has 1 aliphatic carbocycles. The highest BCUT2D eigenvalue weighted by Gasteiger charge is 2.22. The molecule has 0 radical (unpaired) electrons. The molecule has 0 fully saturated rings. The number of aromatic nitrogens is 1. The molecule has 3 aromatic rings. The Bertz CT molecular complexity index is 888. The summed E-state index contributed by atoms with van der Waals surface area (Å²) in [6.07, 6.45) is 4.19. The SMILES string of the molecule is OC(CNCc1ccccc1)Cn1c2c(c3cccc(Cl)c31)CCCC2. The third-order valence-corrected chi connectivity index (χ3v) is 5.60. The van der Waals surface area contributed by atoms with Crippen LogP contribution < -0.4 is 5.32 Å². The van der Waals surface area contributed by atoms with E-state index >= 15 is 0 Å². The molecular weight excluding hydrogens is 344 g/mol. The van der Waals surface area contributed by atoms with Gasteiger partial charge in [0.2, 0.25) is 0 Å². The Hall–Kier alpha value is -1.81. The van der Waals surface area contributed by atoms with Crippen LogP contribution in [0.2, 0.25) is 5.02 Å². The highest BCUT2D eigenvalue weighted by atomic mass is 35.5. The van der Waals surface area contributed by atoms with E-state index in [4.69, 9.17) is 11.6 Å². The minimum absolute atomic E-state index is 0.448. The predicted molar refractivity (Wildman–Crippen MR) is 108 cm³/mol. The average Bonchev–Trinajstić information content (AvgIpc) is 2.98. The van der Waals surface area contributed by atoms with Gasteiger partial charge >= 0.3 is 0 Å². The molecule has 2 N–H and O–H groups in total. The number of hydrogen-bond donors (Lipinski definition) is 2. The lowest BCUT2D eigenvalue weighted by Crippen LogP contribution is -2.30. The van der Waals surface area contributed by atoms with E-state index in [9.17, 15) is 5.11 Å². The van der Waals surface area contributed by atoms with Gasteiger partial charge in [-0.1, -0.05) is 54.1 Å². The van der Waals surface area contributed by atoms with Gasteiger partial charge in [0, 0.05) is 24.2 Å². The number of fused-ring (bicyclic) bond motifs is 3. The van der Waals surface area contributed by atoms with E-state index in [1.54, 1.807) is 0 Å². The van der Waals surface area contributed by atoms with E-state index in [2.05, 4.69) is 28.1 Å². The van der Waals surface area contributed by atoms with Crippen LogP contribution in [0.4, 0.5) is 0 Å². The van der Waals surface area contributed by atoms with Gasteiger partial charge in [0.25, 0.3) is 0 Å². The molecule has 1 aromatic heterocycles. The third kappa shape index (κ3) is 3.52. The highest BCUT2D eigenvalue weighted by molar-refractivity contribution is 6.35. The first kappa shape index (κ1) is 17.6. The minimum Gasteiger partial charge on any atom is -0.390 e. The number of nitrogens with one attached hydrogen (secondary N) is 1. The molecule has 1 unspecified atom stereocenters. The first-order valence-electron chi connectivity index (χ1n) is 9.45. The van der Waals surface area contributed by atoms with E-state index in [1.165, 1.54) is 35.0 Å². The Morgan fingerprint density at radius 1 is 1.04 bits per heavy atom. The van der Waals surface area contributed by atoms with Gasteiger partial charge in [-0.2, -0.15) is 0 Å². The number of halogens is 1. The number of benzene rings is 2. The molecule has 26 heavy (non-hydrogen) atoms. The fourth-order valence-corrected chi connectivity index (χ4v) is 4.38. The Balaban J connectivity index is 1.51. The molecule has 0 amide bonds. The summed E-state index contributed by atoms with van der Waals surface area (Å²) in [6.45, 7) is 1.91. The van der Waals surface area contributed by atoms with Crippen molar-refractivity contribution in [2.45, 2.75) is 44.9 Å². The maximum atomic E-state index is 10.6. The van der Waals surface area contributed by atoms with Crippen molar-refractivity contribution in [3.63, 3.8) is 0 Å². The third-order valence-electron chi connectivity index (χ3n) is 5.29. The zero-order chi connectivity index (χ0) is 17.9. The fraction of sp³-hybridized carbons (Fsp3) is 0.364. The molecule has 0 spiro atoms. The molecule has 4 heteroatoms. The normalized spacial score (nSPS) is 15.2. The van der Waals surface area contributed by atoms with E-state index in [1.807, 2.05) is 30.3 Å². The molecular formula is C22H25ClN2O. The number of rotatable bonds is 6. The molecule has 3 nitrogen and oxygen atoms in total. The van der Waals surface area contributed by atoms with Crippen LogP contribution >= 0.6 is 11.6 Å². The molecule has 0 aliphatic heterocycles. The largest absolute Gasteiger partial charge is 0.390 e. The van der Waals surface area contributed by atoms with Gasteiger partial charge in [0.1, 0.15) is 0 Å². The van der Waals surface area contributed by atoms with Crippen LogP contribution in [0.25, 0.3) is 10.9 Å². The molecule has 4 rings (SSSR count). The second-order valence-corrected chi connectivity index (χ2v) is 7.56. The van der Waals surface area contributed by atoms with Crippen LogP contribution in [-0.2, 0) is 25.9 Å². The predicted octanol–water partition coefficient (Wildman–Crippen LogP) is 4.32. The second-order valence-electron chi connectivity index (χ2n) is 7.15. The molecule has 1 atom stereocenters. The first-order valence-corrected chi connectivity index (χ1v) is 9.83. The van der Waals surface area contributed by atoms with Crippen LogP contribution in [0, 0.1) is 0 Å². The molecule has 0 bridgehead atoms. The van der Waals surface area contributed by atoms with Gasteiger partial charge in [-0.15, -0.1) is 0 Å². The first-order chi connectivity index (χ1) is 12.7. The Morgan fingerprint density at radius 3 is 2.69 bits per heavy atom. The summed E-state index contributed by atoms with van der Waals surface area (Å²) >= 11 is 6.53. The van der Waals surface area contributed by atoms with Crippen molar-refractivity contribution in [2.75, 3.05) is 6.54 Å². The van der Waals surface area contributed by atoms with Gasteiger partial charge in [-0.05, 0) is 42.9 Å². The van der Waals surface area contributed by atoms with Crippen molar-refractivity contribution in [3.8, 4) is 0 Å². The smallest absolute Gasteiger partial charge is 0.0843 e. The van der Waals surface area contributed by atoms with E-state index in [0.29, 0.717) is 13.1 Å². The van der Waals surface area contributed by atoms with E-state index < -0.39 is 6.10 Å². The monoisotopic (exact) mass is 368 g/mol. The lowest BCUT2D eigenvalue weighted by Gasteiger charge is -2.19. The summed E-state index contributed by atoms with van der Waals surface area (Å²) in [5, 5.41) is 16.0. The summed E-state index contributed by atoms with van der Waals surface area (Å²) < 4.78 is 2.26. The Kier molecular flexibility index (Phi) is 5.30. The summed E-state index contributed by atoms with van der Waals surface area (Å²) in [6, 6.07) is 16.4. The van der Waals surface area contributed by atoms with Gasteiger partial charge in [-0.3, -0.25) is 0 Å². The molecule has 136 valence electrons. The zero-order valence-corrected chi connectivity index (χ0v) is 15.7. The van der Waals surface area contributed by atoms with Crippen LogP contribution in [0.15, 0.2) is 48.5 Å². The molecule has 2 aromatic carbocycles. The van der Waals surface area contributed by atoms with Crippen LogP contribution in [0.5, 0.6) is 0 Å². The lowest BCUT2D eigenvalue weighted by atomic mass is 9.95. The van der Waals surface area contributed by atoms with Gasteiger partial charge in [0.15, 0.2) is 0 Å². The Labute approximate surface area is 159 Å². The average molecular weight is 369 g/mol. The topological polar surface area (TPSA) is 37.2 Å².